The Balaban J connectivity index is 1.94. The van der Waals surface area contributed by atoms with Gasteiger partial charge in [0.25, 0.3) is 5.91 Å². The molecule has 196 valence electrons. The summed E-state index contributed by atoms with van der Waals surface area (Å²) in [5.41, 5.74) is 2.19. The van der Waals surface area contributed by atoms with E-state index in [-0.39, 0.29) is 25.0 Å². The van der Waals surface area contributed by atoms with Crippen molar-refractivity contribution in [2.45, 2.75) is 52.2 Å². The number of aryl methyl sites for hydroxylation is 1. The Hall–Kier alpha value is -3.51. The van der Waals surface area contributed by atoms with E-state index in [1.54, 1.807) is 30.2 Å². The van der Waals surface area contributed by atoms with Crippen molar-refractivity contribution >= 4 is 23.4 Å². The van der Waals surface area contributed by atoms with Gasteiger partial charge in [-0.3, -0.25) is 9.59 Å². The molecule has 6 nitrogen and oxygen atoms in total. The van der Waals surface area contributed by atoms with E-state index in [1.165, 1.54) is 0 Å². The van der Waals surface area contributed by atoms with Crippen LogP contribution in [-0.4, -0.2) is 42.0 Å². The molecule has 0 bridgehead atoms. The molecule has 0 saturated carbocycles. The van der Waals surface area contributed by atoms with Gasteiger partial charge in [-0.25, -0.2) is 0 Å². The van der Waals surface area contributed by atoms with Crippen LogP contribution in [0.3, 0.4) is 0 Å². The van der Waals surface area contributed by atoms with Crippen LogP contribution < -0.4 is 14.8 Å². The van der Waals surface area contributed by atoms with Crippen LogP contribution in [0.4, 0.5) is 0 Å². The van der Waals surface area contributed by atoms with Gasteiger partial charge >= 0.3 is 0 Å². The van der Waals surface area contributed by atoms with Crippen molar-refractivity contribution < 1.29 is 19.1 Å². The van der Waals surface area contributed by atoms with Crippen LogP contribution in [0, 0.1) is 6.92 Å². The summed E-state index contributed by atoms with van der Waals surface area (Å²) >= 11 is 6.13. The molecule has 2 amide bonds. The summed E-state index contributed by atoms with van der Waals surface area (Å²) in [6.45, 7) is 7.63. The lowest BCUT2D eigenvalue weighted by Crippen LogP contribution is -2.55. The summed E-state index contributed by atoms with van der Waals surface area (Å²) in [7, 11) is 1.60. The number of methoxy groups -OCH3 is 1. The number of carbonyl (C=O) groups is 2. The minimum absolute atomic E-state index is 0.216. The lowest BCUT2D eigenvalue weighted by Gasteiger charge is -2.33. The minimum atomic E-state index is -0.754. The summed E-state index contributed by atoms with van der Waals surface area (Å²) in [5.74, 6) is 0.683. The summed E-state index contributed by atoms with van der Waals surface area (Å²) in [6.07, 6.45) is 0.360. The molecular formula is C30H35ClN2O4. The molecule has 0 aromatic heterocycles. The number of carbonyl (C=O) groups excluding carboxylic acids is 2. The predicted molar refractivity (Wildman–Crippen MR) is 147 cm³/mol. The zero-order chi connectivity index (χ0) is 27.0. The third kappa shape index (κ3) is 8.53. The highest BCUT2D eigenvalue weighted by atomic mass is 35.5. The number of halogens is 1. The van der Waals surface area contributed by atoms with Crippen LogP contribution in [0.2, 0.25) is 5.02 Å². The summed E-state index contributed by atoms with van der Waals surface area (Å²) in [5, 5.41) is 3.68. The molecule has 1 atom stereocenters. The van der Waals surface area contributed by atoms with Crippen LogP contribution in [-0.2, 0) is 22.6 Å². The third-order valence-electron chi connectivity index (χ3n) is 5.75. The van der Waals surface area contributed by atoms with E-state index >= 15 is 0 Å². The molecular weight excluding hydrogens is 488 g/mol. The van der Waals surface area contributed by atoms with Gasteiger partial charge in [0, 0.05) is 23.5 Å². The quantitative estimate of drug-likeness (QED) is 0.377. The maximum absolute atomic E-state index is 13.7. The predicted octanol–water partition coefficient (Wildman–Crippen LogP) is 5.59. The van der Waals surface area contributed by atoms with Crippen molar-refractivity contribution in [3.63, 3.8) is 0 Å². The second-order valence-electron chi connectivity index (χ2n) is 10.0. The van der Waals surface area contributed by atoms with Gasteiger partial charge in [0.2, 0.25) is 5.91 Å². The molecule has 0 fully saturated rings. The molecule has 0 aliphatic rings. The molecule has 7 heteroatoms. The normalized spacial score (nSPS) is 11.9. The van der Waals surface area contributed by atoms with E-state index in [2.05, 4.69) is 5.32 Å². The molecule has 0 radical (unpaired) electrons. The zero-order valence-corrected chi connectivity index (χ0v) is 22.8. The fourth-order valence-corrected chi connectivity index (χ4v) is 4.03. The lowest BCUT2D eigenvalue weighted by atomic mass is 10.0. The smallest absolute Gasteiger partial charge is 0.261 e. The van der Waals surface area contributed by atoms with Crippen molar-refractivity contribution in [3.05, 3.63) is 94.5 Å². The van der Waals surface area contributed by atoms with Gasteiger partial charge in [0.15, 0.2) is 6.61 Å². The Labute approximate surface area is 224 Å². The monoisotopic (exact) mass is 522 g/mol. The standard InChI is InChI=1S/C30H35ClN2O4/c1-21-16-25(14-15-26(21)31)37-20-28(34)33(19-23-12-9-13-24(17-23)36-5)27(29(35)32-30(2,3)4)18-22-10-7-6-8-11-22/h6-17,27H,18-20H2,1-5H3,(H,32,35). The van der Waals surface area contributed by atoms with Crippen molar-refractivity contribution in [1.82, 2.24) is 10.2 Å². The second-order valence-corrected chi connectivity index (χ2v) is 10.4. The Morgan fingerprint density at radius 2 is 1.65 bits per heavy atom. The number of hydrogen-bond donors (Lipinski definition) is 1. The largest absolute Gasteiger partial charge is 0.497 e. The maximum Gasteiger partial charge on any atom is 0.261 e. The van der Waals surface area contributed by atoms with Gasteiger partial charge in [0.05, 0.1) is 7.11 Å². The number of amides is 2. The van der Waals surface area contributed by atoms with E-state index in [9.17, 15) is 9.59 Å². The van der Waals surface area contributed by atoms with E-state index in [4.69, 9.17) is 21.1 Å². The summed E-state index contributed by atoms with van der Waals surface area (Å²) in [4.78, 5) is 28.9. The third-order valence-corrected chi connectivity index (χ3v) is 6.17. The number of benzene rings is 3. The van der Waals surface area contributed by atoms with E-state index in [0.29, 0.717) is 22.9 Å². The molecule has 3 rings (SSSR count). The van der Waals surface area contributed by atoms with Gasteiger partial charge < -0.3 is 19.7 Å². The fraction of sp³-hybridized carbons (Fsp3) is 0.333. The second kappa shape index (κ2) is 12.6. The van der Waals surface area contributed by atoms with Crippen molar-refractivity contribution in [1.29, 1.82) is 0 Å². The topological polar surface area (TPSA) is 67.9 Å². The number of ether oxygens (including phenoxy) is 2. The van der Waals surface area contributed by atoms with Crippen LogP contribution >= 0.6 is 11.6 Å². The number of nitrogens with zero attached hydrogens (tertiary/aromatic N) is 1. The fourth-order valence-electron chi connectivity index (χ4n) is 3.91. The average molecular weight is 523 g/mol. The summed E-state index contributed by atoms with van der Waals surface area (Å²) in [6, 6.07) is 21.7. The maximum atomic E-state index is 13.7. The van der Waals surface area contributed by atoms with E-state index in [0.717, 1.165) is 16.7 Å². The van der Waals surface area contributed by atoms with Gasteiger partial charge in [-0.2, -0.15) is 0 Å². The lowest BCUT2D eigenvalue weighted by molar-refractivity contribution is -0.143. The van der Waals surface area contributed by atoms with Crippen LogP contribution in [0.5, 0.6) is 11.5 Å². The molecule has 0 aliphatic heterocycles. The molecule has 3 aromatic carbocycles. The number of rotatable bonds is 10. The molecule has 0 aliphatic carbocycles. The van der Waals surface area contributed by atoms with Crippen molar-refractivity contribution in [2.24, 2.45) is 0 Å². The summed E-state index contributed by atoms with van der Waals surface area (Å²) < 4.78 is 11.2. The number of hydrogen-bond acceptors (Lipinski definition) is 4. The Bertz CT molecular complexity index is 1210. The Morgan fingerprint density at radius 1 is 0.946 bits per heavy atom. The molecule has 3 aromatic rings. The first kappa shape index (κ1) is 28.1. The highest BCUT2D eigenvalue weighted by Crippen LogP contribution is 2.22. The van der Waals surface area contributed by atoms with Crippen LogP contribution in [0.25, 0.3) is 0 Å². The molecule has 0 saturated heterocycles. The first-order valence-electron chi connectivity index (χ1n) is 12.2. The molecule has 37 heavy (non-hydrogen) atoms. The van der Waals surface area contributed by atoms with Crippen molar-refractivity contribution in [2.75, 3.05) is 13.7 Å². The van der Waals surface area contributed by atoms with Crippen LogP contribution in [0.1, 0.15) is 37.5 Å². The highest BCUT2D eigenvalue weighted by molar-refractivity contribution is 6.31. The van der Waals surface area contributed by atoms with Crippen molar-refractivity contribution in [3.8, 4) is 11.5 Å². The van der Waals surface area contributed by atoms with Gasteiger partial charge in [-0.1, -0.05) is 54.1 Å². The minimum Gasteiger partial charge on any atom is -0.497 e. The first-order chi connectivity index (χ1) is 17.6. The van der Waals surface area contributed by atoms with Crippen LogP contribution in [0.15, 0.2) is 72.8 Å². The van der Waals surface area contributed by atoms with E-state index in [1.807, 2.05) is 82.3 Å². The molecule has 1 unspecified atom stereocenters. The Morgan fingerprint density at radius 3 is 2.30 bits per heavy atom. The number of nitrogens with one attached hydrogen (secondary N) is 1. The first-order valence-corrected chi connectivity index (χ1v) is 12.6. The molecule has 1 N–H and O–H groups in total. The molecule has 0 spiro atoms. The van der Waals surface area contributed by atoms with E-state index < -0.39 is 11.6 Å². The zero-order valence-electron chi connectivity index (χ0n) is 22.1. The Kier molecular flexibility index (Phi) is 9.59. The van der Waals surface area contributed by atoms with Gasteiger partial charge in [0.1, 0.15) is 17.5 Å². The SMILES string of the molecule is COc1cccc(CN(C(=O)COc2ccc(Cl)c(C)c2)C(Cc2ccccc2)C(=O)NC(C)(C)C)c1. The van der Waals surface area contributed by atoms with Gasteiger partial charge in [-0.15, -0.1) is 0 Å². The highest BCUT2D eigenvalue weighted by Gasteiger charge is 2.32. The molecule has 0 heterocycles. The average Bonchev–Trinajstić information content (AvgIpc) is 2.86. The van der Waals surface area contributed by atoms with Gasteiger partial charge in [-0.05, 0) is 74.7 Å².